The predicted molar refractivity (Wildman–Crippen MR) is 107 cm³/mol. The number of rotatable bonds is 10. The molecule has 3 nitrogen and oxygen atoms in total. The van der Waals surface area contributed by atoms with Crippen LogP contribution in [0.2, 0.25) is 5.02 Å². The van der Waals surface area contributed by atoms with Crippen molar-refractivity contribution in [2.24, 2.45) is 11.8 Å². The third-order valence-electron chi connectivity index (χ3n) is 4.69. The molecule has 0 spiro atoms. The number of ether oxygens (including phenoxy) is 1. The Morgan fingerprint density at radius 3 is 2.96 bits per heavy atom. The van der Waals surface area contributed by atoms with E-state index in [1.54, 1.807) is 24.3 Å². The Labute approximate surface area is 162 Å². The monoisotopic (exact) mass is 377 g/mol. The van der Waals surface area contributed by atoms with Crippen LogP contribution in [0.1, 0.15) is 39.0 Å². The zero-order chi connectivity index (χ0) is 18.8. The van der Waals surface area contributed by atoms with Crippen LogP contribution in [0.15, 0.2) is 48.6 Å². The van der Waals surface area contributed by atoms with E-state index in [0.717, 1.165) is 12.8 Å². The van der Waals surface area contributed by atoms with Gasteiger partial charge in [0.2, 0.25) is 0 Å². The Balaban J connectivity index is 1.80. The number of halogens is 1. The number of unbranched alkanes of at least 4 members (excludes halogenated alkanes) is 2. The fraction of sp³-hybridized carbons (Fsp3) is 0.500. The lowest BCUT2D eigenvalue weighted by atomic mass is 9.91. The first kappa shape index (κ1) is 21.0. The molecule has 26 heavy (non-hydrogen) atoms. The summed E-state index contributed by atoms with van der Waals surface area (Å²) in [4.78, 5) is 0. The third-order valence-corrected chi connectivity index (χ3v) is 4.93. The molecule has 0 heterocycles. The molecule has 0 bridgehead atoms. The fourth-order valence-corrected chi connectivity index (χ4v) is 3.36. The van der Waals surface area contributed by atoms with Gasteiger partial charge < -0.3 is 14.9 Å². The zero-order valence-corrected chi connectivity index (χ0v) is 16.2. The highest BCUT2D eigenvalue weighted by Gasteiger charge is 2.32. The van der Waals surface area contributed by atoms with Gasteiger partial charge in [-0.15, -0.1) is 0 Å². The van der Waals surface area contributed by atoms with Crippen LogP contribution in [0.4, 0.5) is 0 Å². The highest BCUT2D eigenvalue weighted by molar-refractivity contribution is 6.30. The molecule has 143 valence electrons. The number of hydrogen-bond donors (Lipinski definition) is 2. The Bertz CT molecular complexity index is 585. The zero-order valence-electron chi connectivity index (χ0n) is 15.4. The molecular formula is C22H30ClO3. The van der Waals surface area contributed by atoms with Gasteiger partial charge in [-0.05, 0) is 49.8 Å². The smallest absolute Gasteiger partial charge is 0.120 e. The Kier molecular flexibility index (Phi) is 9.24. The van der Waals surface area contributed by atoms with Gasteiger partial charge in [0.1, 0.15) is 18.5 Å². The fourth-order valence-electron chi connectivity index (χ4n) is 3.18. The maximum Gasteiger partial charge on any atom is 0.120 e. The number of aliphatic hydroxyl groups is 2. The molecule has 2 rings (SSSR count). The summed E-state index contributed by atoms with van der Waals surface area (Å²) in [5.74, 6) is 1.00. The van der Waals surface area contributed by atoms with Gasteiger partial charge in [0.05, 0.1) is 6.10 Å². The van der Waals surface area contributed by atoms with Crippen molar-refractivity contribution in [2.75, 3.05) is 6.61 Å². The Morgan fingerprint density at radius 1 is 1.35 bits per heavy atom. The van der Waals surface area contributed by atoms with E-state index >= 15 is 0 Å². The van der Waals surface area contributed by atoms with Crippen LogP contribution in [-0.2, 0) is 0 Å². The Hall–Kier alpha value is -1.29. The number of hydrogen-bond acceptors (Lipinski definition) is 3. The Morgan fingerprint density at radius 2 is 2.19 bits per heavy atom. The lowest BCUT2D eigenvalue weighted by Crippen LogP contribution is -2.19. The van der Waals surface area contributed by atoms with E-state index in [1.807, 2.05) is 12.1 Å². The van der Waals surface area contributed by atoms with E-state index in [0.29, 0.717) is 23.1 Å². The molecule has 1 aliphatic carbocycles. The van der Waals surface area contributed by atoms with Crippen LogP contribution in [0.25, 0.3) is 0 Å². The average molecular weight is 378 g/mol. The van der Waals surface area contributed by atoms with Gasteiger partial charge in [-0.2, -0.15) is 0 Å². The minimum Gasteiger partial charge on any atom is -0.491 e. The maximum atomic E-state index is 10.2. The van der Waals surface area contributed by atoms with Crippen molar-refractivity contribution in [1.29, 1.82) is 0 Å². The van der Waals surface area contributed by atoms with E-state index in [2.05, 4.69) is 25.5 Å². The largest absolute Gasteiger partial charge is 0.491 e. The number of benzene rings is 1. The molecule has 0 saturated heterocycles. The van der Waals surface area contributed by atoms with Crippen molar-refractivity contribution < 1.29 is 14.9 Å². The van der Waals surface area contributed by atoms with Crippen LogP contribution in [0.5, 0.6) is 5.75 Å². The van der Waals surface area contributed by atoms with Gasteiger partial charge in [-0.25, -0.2) is 0 Å². The van der Waals surface area contributed by atoms with Crippen LogP contribution in [-0.4, -0.2) is 29.0 Å². The molecule has 4 heteroatoms. The van der Waals surface area contributed by atoms with Crippen molar-refractivity contribution in [3.05, 3.63) is 60.0 Å². The highest BCUT2D eigenvalue weighted by Crippen LogP contribution is 2.35. The van der Waals surface area contributed by atoms with Gasteiger partial charge >= 0.3 is 0 Å². The van der Waals surface area contributed by atoms with Crippen molar-refractivity contribution in [3.8, 4) is 5.75 Å². The van der Waals surface area contributed by atoms with Crippen molar-refractivity contribution in [2.45, 2.75) is 51.2 Å². The van der Waals surface area contributed by atoms with E-state index < -0.39 is 6.10 Å². The highest BCUT2D eigenvalue weighted by atomic mass is 35.5. The minimum absolute atomic E-state index is 0.0478. The normalized spacial score (nSPS) is 24.5. The van der Waals surface area contributed by atoms with E-state index in [1.165, 1.54) is 12.8 Å². The topological polar surface area (TPSA) is 49.7 Å². The van der Waals surface area contributed by atoms with Crippen LogP contribution in [0, 0.1) is 18.3 Å². The van der Waals surface area contributed by atoms with Crippen LogP contribution < -0.4 is 4.74 Å². The van der Waals surface area contributed by atoms with Crippen molar-refractivity contribution in [3.63, 3.8) is 0 Å². The molecule has 0 amide bonds. The summed E-state index contributed by atoms with van der Waals surface area (Å²) >= 11 is 5.92. The third kappa shape index (κ3) is 7.14. The first-order chi connectivity index (χ1) is 12.6. The molecule has 1 fully saturated rings. The quantitative estimate of drug-likeness (QED) is 0.447. The molecule has 1 aromatic carbocycles. The summed E-state index contributed by atoms with van der Waals surface area (Å²) in [6.45, 7) is 2.35. The minimum atomic E-state index is -0.720. The molecule has 1 radical (unpaired) electrons. The SMILES string of the molecule is CCCCC=CCC1[CH]CC(O)C1C=CC(O)COc1cccc(Cl)c1. The van der Waals surface area contributed by atoms with Gasteiger partial charge in [-0.3, -0.25) is 0 Å². The number of aliphatic hydroxyl groups excluding tert-OH is 2. The maximum absolute atomic E-state index is 10.2. The van der Waals surface area contributed by atoms with Gasteiger partial charge in [0, 0.05) is 10.9 Å². The van der Waals surface area contributed by atoms with Gasteiger partial charge in [0.25, 0.3) is 0 Å². The van der Waals surface area contributed by atoms with Crippen molar-refractivity contribution in [1.82, 2.24) is 0 Å². The van der Waals surface area contributed by atoms with Crippen LogP contribution in [0.3, 0.4) is 0 Å². The summed E-state index contributed by atoms with van der Waals surface area (Å²) in [5, 5.41) is 21.0. The predicted octanol–water partition coefficient (Wildman–Crippen LogP) is 4.97. The van der Waals surface area contributed by atoms with Gasteiger partial charge in [-0.1, -0.05) is 61.7 Å². The van der Waals surface area contributed by atoms with E-state index in [9.17, 15) is 10.2 Å². The number of allylic oxidation sites excluding steroid dienone is 2. The summed E-state index contributed by atoms with van der Waals surface area (Å²) in [6.07, 6.45) is 14.4. The summed E-state index contributed by atoms with van der Waals surface area (Å²) in [7, 11) is 0. The summed E-state index contributed by atoms with van der Waals surface area (Å²) in [5.41, 5.74) is 0. The first-order valence-corrected chi connectivity index (χ1v) is 9.89. The lowest BCUT2D eigenvalue weighted by molar-refractivity contribution is 0.133. The average Bonchev–Trinajstić information content (AvgIpc) is 2.98. The molecule has 1 aliphatic rings. The molecule has 1 saturated carbocycles. The molecular weight excluding hydrogens is 348 g/mol. The standard InChI is InChI=1S/C22H30ClO3/c1-2-3-4-5-6-8-17-11-14-22(25)21(17)13-12-19(24)16-26-20-10-7-9-18(23)15-20/h5-7,9-13,15,17,19,21-22,24-25H,2-4,8,14,16H2,1H3. The summed E-state index contributed by atoms with van der Waals surface area (Å²) in [6, 6.07) is 7.11. The van der Waals surface area contributed by atoms with E-state index in [-0.39, 0.29) is 18.6 Å². The molecule has 4 unspecified atom stereocenters. The molecule has 2 N–H and O–H groups in total. The second-order valence-electron chi connectivity index (χ2n) is 6.85. The first-order valence-electron chi connectivity index (χ1n) is 9.51. The van der Waals surface area contributed by atoms with Crippen molar-refractivity contribution >= 4 is 11.6 Å². The molecule has 0 aliphatic heterocycles. The molecule has 1 aromatic rings. The van der Waals surface area contributed by atoms with Gasteiger partial charge in [0.15, 0.2) is 0 Å². The second-order valence-corrected chi connectivity index (χ2v) is 7.29. The van der Waals surface area contributed by atoms with E-state index in [4.69, 9.17) is 16.3 Å². The second kappa shape index (κ2) is 11.4. The van der Waals surface area contributed by atoms with Crippen LogP contribution >= 0.6 is 11.6 Å². The summed E-state index contributed by atoms with van der Waals surface area (Å²) < 4.78 is 5.55. The molecule has 0 aromatic heterocycles. The molecule has 4 atom stereocenters. The lowest BCUT2D eigenvalue weighted by Gasteiger charge is -2.18.